The van der Waals surface area contributed by atoms with Gasteiger partial charge in [0.2, 0.25) is 0 Å². The van der Waals surface area contributed by atoms with Crippen molar-refractivity contribution in [2.45, 2.75) is 55.4 Å². The Labute approximate surface area is 261 Å². The van der Waals surface area contributed by atoms with Crippen molar-refractivity contribution in [2.75, 3.05) is 13.1 Å². The molecule has 0 aliphatic rings. The zero-order valence-electron chi connectivity index (χ0n) is 26.7. The van der Waals surface area contributed by atoms with Crippen molar-refractivity contribution < 1.29 is 27.2 Å². The Balaban J connectivity index is 1.59. The molecule has 0 unspecified atom stereocenters. The van der Waals surface area contributed by atoms with Crippen LogP contribution in [0.5, 0.6) is 23.0 Å². The van der Waals surface area contributed by atoms with Crippen LogP contribution in [0.25, 0.3) is 0 Å². The van der Waals surface area contributed by atoms with Crippen LogP contribution in [0.2, 0.25) is 0 Å². The summed E-state index contributed by atoms with van der Waals surface area (Å²) in [5.74, 6) is 1.91. The normalized spacial score (nSPS) is 11.7. The summed E-state index contributed by atoms with van der Waals surface area (Å²) in [5, 5.41) is 5.93. The molecule has 0 fully saturated rings. The van der Waals surface area contributed by atoms with Crippen molar-refractivity contribution >= 4 is 15.5 Å². The molecule has 44 heavy (non-hydrogen) atoms. The molecule has 0 amide bonds. The van der Waals surface area contributed by atoms with E-state index in [2.05, 4.69) is 10.2 Å². The first-order valence-electron chi connectivity index (χ1n) is 14.5. The number of para-hydroxylation sites is 4. The molecular weight excluding hydrogens is 594 g/mol. The van der Waals surface area contributed by atoms with Crippen LogP contribution in [0, 0.1) is 55.4 Å². The average Bonchev–Trinajstić information content (AvgIpc) is 2.96. The minimum absolute atomic E-state index is 0.0589. The summed E-state index contributed by atoms with van der Waals surface area (Å²) >= 11 is 0. The maximum Gasteiger partial charge on any atom is 0.512 e. The van der Waals surface area contributed by atoms with Gasteiger partial charge in [0, 0.05) is 13.1 Å². The van der Waals surface area contributed by atoms with E-state index in [4.69, 9.17) is 18.1 Å². The molecule has 0 bridgehead atoms. The van der Waals surface area contributed by atoms with E-state index in [1.54, 1.807) is 0 Å². The first kappa shape index (κ1) is 33.4. The molecule has 2 N–H and O–H groups in total. The van der Waals surface area contributed by atoms with Gasteiger partial charge < -0.3 is 18.1 Å². The molecule has 0 saturated carbocycles. The highest BCUT2D eigenvalue weighted by atomic mass is 31.2. The van der Waals surface area contributed by atoms with E-state index >= 15 is 0 Å². The highest BCUT2D eigenvalue weighted by Crippen LogP contribution is 2.50. The molecule has 0 aliphatic carbocycles. The Morgan fingerprint density at radius 1 is 0.409 bits per heavy atom. The van der Waals surface area contributed by atoms with Gasteiger partial charge in [-0.25, -0.2) is 9.13 Å². The molecule has 4 rings (SSSR count). The Bertz CT molecular complexity index is 1420. The van der Waals surface area contributed by atoms with E-state index in [0.717, 1.165) is 44.5 Å². The Morgan fingerprint density at radius 3 is 0.773 bits per heavy atom. The Morgan fingerprint density at radius 2 is 0.591 bits per heavy atom. The second kappa shape index (κ2) is 14.0. The molecule has 10 heteroatoms. The smallest absolute Gasteiger partial charge is 0.404 e. The second-order valence-electron chi connectivity index (χ2n) is 11.1. The lowest BCUT2D eigenvalue weighted by molar-refractivity contribution is 0.358. The summed E-state index contributed by atoms with van der Waals surface area (Å²) in [5.41, 5.74) is 6.58. The standard InChI is InChI=1S/C34H42N2O6P2/c1-23-13-9-14-24(2)31(23)39-43(37,40-32-25(3)15-10-16-26(32)4)35-21-22-36-44(38,41-33-27(5)17-11-18-28(33)6)42-34-29(7)19-12-20-30(34)8/h9-20H,21-22H2,1-8H3,(H,35,37)(H,36,38). The molecule has 234 valence electrons. The van der Waals surface area contributed by atoms with E-state index in [0.29, 0.717) is 23.0 Å². The van der Waals surface area contributed by atoms with Crippen LogP contribution in [0.15, 0.2) is 72.8 Å². The van der Waals surface area contributed by atoms with Crippen molar-refractivity contribution in [3.05, 3.63) is 117 Å². The number of rotatable bonds is 13. The summed E-state index contributed by atoms with van der Waals surface area (Å²) in [6.45, 7) is 15.2. The van der Waals surface area contributed by atoms with Gasteiger partial charge in [-0.1, -0.05) is 72.8 Å². The van der Waals surface area contributed by atoms with E-state index in [9.17, 15) is 9.13 Å². The fourth-order valence-corrected chi connectivity index (χ4v) is 8.02. The van der Waals surface area contributed by atoms with Crippen molar-refractivity contribution in [3.8, 4) is 23.0 Å². The number of benzene rings is 4. The van der Waals surface area contributed by atoms with Gasteiger partial charge >= 0.3 is 15.5 Å². The molecule has 0 heterocycles. The molecule has 0 radical (unpaired) electrons. The first-order chi connectivity index (χ1) is 20.8. The molecule has 0 aliphatic heterocycles. The minimum Gasteiger partial charge on any atom is -0.404 e. The van der Waals surface area contributed by atoms with Crippen LogP contribution in [0.1, 0.15) is 44.5 Å². The highest BCUT2D eigenvalue weighted by molar-refractivity contribution is 7.53. The van der Waals surface area contributed by atoms with Gasteiger partial charge in [0.1, 0.15) is 23.0 Å². The number of hydrogen-bond donors (Lipinski definition) is 2. The third-order valence-electron chi connectivity index (χ3n) is 7.22. The van der Waals surface area contributed by atoms with Gasteiger partial charge in [-0.05, 0) is 99.9 Å². The topological polar surface area (TPSA) is 95.1 Å². The van der Waals surface area contributed by atoms with Crippen molar-refractivity contribution in [1.29, 1.82) is 0 Å². The second-order valence-corrected chi connectivity index (χ2v) is 14.4. The van der Waals surface area contributed by atoms with E-state index < -0.39 is 15.5 Å². The van der Waals surface area contributed by atoms with E-state index in [1.165, 1.54) is 0 Å². The highest BCUT2D eigenvalue weighted by Gasteiger charge is 2.33. The summed E-state index contributed by atoms with van der Waals surface area (Å²) in [4.78, 5) is 0. The van der Waals surface area contributed by atoms with Crippen LogP contribution in [0.3, 0.4) is 0 Å². The fraction of sp³-hybridized carbons (Fsp3) is 0.294. The van der Waals surface area contributed by atoms with Gasteiger partial charge in [-0.15, -0.1) is 0 Å². The van der Waals surface area contributed by atoms with Gasteiger partial charge in [0.05, 0.1) is 0 Å². The molecule has 0 saturated heterocycles. The zero-order chi connectivity index (χ0) is 32.1. The van der Waals surface area contributed by atoms with Gasteiger partial charge in [0.15, 0.2) is 0 Å². The zero-order valence-corrected chi connectivity index (χ0v) is 28.5. The number of nitrogens with one attached hydrogen (secondary N) is 2. The maximum atomic E-state index is 14.3. The number of aryl methyl sites for hydroxylation is 8. The van der Waals surface area contributed by atoms with Crippen molar-refractivity contribution in [1.82, 2.24) is 10.2 Å². The first-order valence-corrected chi connectivity index (χ1v) is 17.6. The maximum absolute atomic E-state index is 14.3. The quantitative estimate of drug-likeness (QED) is 0.111. The molecule has 8 nitrogen and oxygen atoms in total. The molecule has 0 spiro atoms. The van der Waals surface area contributed by atoms with Crippen molar-refractivity contribution in [2.24, 2.45) is 0 Å². The SMILES string of the molecule is Cc1cccc(C)c1OP(=O)(NCCNP(=O)(Oc1c(C)cccc1C)Oc1c(C)cccc1C)Oc1c(C)cccc1C. The lowest BCUT2D eigenvalue weighted by Gasteiger charge is -2.25. The lowest BCUT2D eigenvalue weighted by atomic mass is 10.1. The summed E-state index contributed by atoms with van der Waals surface area (Å²) in [6.07, 6.45) is 0. The molecular formula is C34H42N2O6P2. The predicted molar refractivity (Wildman–Crippen MR) is 177 cm³/mol. The lowest BCUT2D eigenvalue weighted by Crippen LogP contribution is -2.30. The van der Waals surface area contributed by atoms with E-state index in [-0.39, 0.29) is 13.1 Å². The Hall–Kier alpha value is -3.54. The monoisotopic (exact) mass is 636 g/mol. The van der Waals surface area contributed by atoms with Gasteiger partial charge in [-0.3, -0.25) is 0 Å². The van der Waals surface area contributed by atoms with Crippen LogP contribution in [-0.4, -0.2) is 13.1 Å². The summed E-state index contributed by atoms with van der Waals surface area (Å²) in [7, 11) is -7.96. The molecule has 4 aromatic carbocycles. The minimum atomic E-state index is -3.98. The number of hydrogen-bond acceptors (Lipinski definition) is 6. The molecule has 0 aromatic heterocycles. The van der Waals surface area contributed by atoms with Crippen LogP contribution >= 0.6 is 15.5 Å². The predicted octanol–water partition coefficient (Wildman–Crippen LogP) is 9.17. The van der Waals surface area contributed by atoms with Crippen molar-refractivity contribution in [3.63, 3.8) is 0 Å². The van der Waals surface area contributed by atoms with Gasteiger partial charge in [0.25, 0.3) is 0 Å². The molecule has 4 aromatic rings. The van der Waals surface area contributed by atoms with Crippen LogP contribution < -0.4 is 28.3 Å². The average molecular weight is 637 g/mol. The molecule has 0 atom stereocenters. The fourth-order valence-electron chi connectivity index (χ4n) is 4.81. The third kappa shape index (κ3) is 8.13. The summed E-state index contributed by atoms with van der Waals surface area (Å²) in [6, 6.07) is 22.8. The third-order valence-corrected chi connectivity index (χ3v) is 10.1. The van der Waals surface area contributed by atoms with E-state index in [1.807, 2.05) is 128 Å². The van der Waals surface area contributed by atoms with Crippen LogP contribution in [0.4, 0.5) is 0 Å². The largest absolute Gasteiger partial charge is 0.512 e. The van der Waals surface area contributed by atoms with Gasteiger partial charge in [-0.2, -0.15) is 10.2 Å². The van der Waals surface area contributed by atoms with Crippen LogP contribution in [-0.2, 0) is 9.13 Å². The Kier molecular flexibility index (Phi) is 10.6. The summed E-state index contributed by atoms with van der Waals surface area (Å²) < 4.78 is 53.2.